The summed E-state index contributed by atoms with van der Waals surface area (Å²) in [6.45, 7) is 4.82. The van der Waals surface area contributed by atoms with Gasteiger partial charge in [0.1, 0.15) is 6.26 Å². The molecule has 0 saturated heterocycles. The Morgan fingerprint density at radius 2 is 1.64 bits per heavy atom. The molecule has 3 aromatic rings. The van der Waals surface area contributed by atoms with E-state index in [2.05, 4.69) is 48.4 Å². The molecule has 148 valence electrons. The molecule has 1 aromatic heterocycles. The van der Waals surface area contributed by atoms with Crippen LogP contribution in [-0.2, 0) is 6.54 Å². The summed E-state index contributed by atoms with van der Waals surface area (Å²) in [7, 11) is 4.74. The van der Waals surface area contributed by atoms with Crippen LogP contribution in [0.1, 0.15) is 29.8 Å². The molecule has 0 fully saturated rings. The summed E-state index contributed by atoms with van der Waals surface area (Å²) in [6.07, 6.45) is 1.66. The second-order valence-corrected chi connectivity index (χ2v) is 6.57. The molecule has 0 aliphatic rings. The number of hydrogen-bond acceptors (Lipinski definition) is 6. The van der Waals surface area contributed by atoms with Crippen LogP contribution in [0, 0.1) is 6.92 Å². The maximum absolute atomic E-state index is 5.67. The molecule has 0 radical (unpaired) electrons. The van der Waals surface area contributed by atoms with E-state index in [1.165, 1.54) is 11.1 Å². The van der Waals surface area contributed by atoms with Crippen LogP contribution < -0.4 is 19.5 Å². The predicted octanol–water partition coefficient (Wildman–Crippen LogP) is 4.53. The summed E-state index contributed by atoms with van der Waals surface area (Å²) in [5.74, 6) is 2.15. The fourth-order valence-electron chi connectivity index (χ4n) is 2.96. The van der Waals surface area contributed by atoms with Gasteiger partial charge in [0.15, 0.2) is 11.5 Å². The summed E-state index contributed by atoms with van der Waals surface area (Å²) in [5.41, 5.74) is 4.07. The van der Waals surface area contributed by atoms with Gasteiger partial charge in [0, 0.05) is 18.2 Å². The van der Waals surface area contributed by atoms with Gasteiger partial charge in [0.25, 0.3) is 0 Å². The van der Waals surface area contributed by atoms with Gasteiger partial charge in [-0.2, -0.15) is 0 Å². The van der Waals surface area contributed by atoms with E-state index in [0.29, 0.717) is 29.7 Å². The van der Waals surface area contributed by atoms with Gasteiger partial charge in [0.05, 0.1) is 27.0 Å². The third kappa shape index (κ3) is 4.28. The van der Waals surface area contributed by atoms with Crippen LogP contribution in [0.25, 0.3) is 11.5 Å². The highest BCUT2D eigenvalue weighted by Crippen LogP contribution is 2.40. The Morgan fingerprint density at radius 3 is 2.21 bits per heavy atom. The number of nitrogens with one attached hydrogen (secondary N) is 1. The van der Waals surface area contributed by atoms with Crippen molar-refractivity contribution in [3.63, 3.8) is 0 Å². The van der Waals surface area contributed by atoms with Crippen molar-refractivity contribution in [3.8, 4) is 28.7 Å². The first-order chi connectivity index (χ1) is 13.5. The molecule has 0 saturated carbocycles. The highest BCUT2D eigenvalue weighted by molar-refractivity contribution is 5.65. The first-order valence-corrected chi connectivity index (χ1v) is 9.10. The molecule has 0 spiro atoms. The number of hydrogen-bond donors (Lipinski definition) is 1. The molecule has 0 amide bonds. The predicted molar refractivity (Wildman–Crippen MR) is 108 cm³/mol. The van der Waals surface area contributed by atoms with E-state index >= 15 is 0 Å². The van der Waals surface area contributed by atoms with Crippen molar-refractivity contribution in [2.75, 3.05) is 21.3 Å². The van der Waals surface area contributed by atoms with Crippen LogP contribution in [-0.4, -0.2) is 26.3 Å². The van der Waals surface area contributed by atoms with Crippen molar-refractivity contribution in [2.45, 2.75) is 26.4 Å². The van der Waals surface area contributed by atoms with Gasteiger partial charge in [-0.25, -0.2) is 4.98 Å². The van der Waals surface area contributed by atoms with Gasteiger partial charge in [-0.05, 0) is 31.5 Å². The Hall–Kier alpha value is -2.99. The van der Waals surface area contributed by atoms with E-state index in [9.17, 15) is 0 Å². The first-order valence-electron chi connectivity index (χ1n) is 9.10. The van der Waals surface area contributed by atoms with Gasteiger partial charge >= 0.3 is 0 Å². The Bertz CT molecular complexity index is 894. The van der Waals surface area contributed by atoms with Gasteiger partial charge in [-0.15, -0.1) is 0 Å². The quantitative estimate of drug-likeness (QED) is 0.618. The van der Waals surface area contributed by atoms with E-state index in [1.54, 1.807) is 27.6 Å². The van der Waals surface area contributed by atoms with Crippen molar-refractivity contribution in [2.24, 2.45) is 0 Å². The fourth-order valence-corrected chi connectivity index (χ4v) is 2.96. The molecular weight excluding hydrogens is 356 g/mol. The van der Waals surface area contributed by atoms with E-state index < -0.39 is 0 Å². The first kappa shape index (κ1) is 19.8. The van der Waals surface area contributed by atoms with Gasteiger partial charge in [0.2, 0.25) is 11.6 Å². The number of benzene rings is 2. The van der Waals surface area contributed by atoms with Crippen LogP contribution in [0.15, 0.2) is 47.1 Å². The van der Waals surface area contributed by atoms with Gasteiger partial charge in [-0.1, -0.05) is 29.8 Å². The average Bonchev–Trinajstić information content (AvgIpc) is 3.20. The number of aryl methyl sites for hydroxylation is 1. The number of methoxy groups -OCH3 is 3. The smallest absolute Gasteiger partial charge is 0.226 e. The summed E-state index contributed by atoms with van der Waals surface area (Å²) in [4.78, 5) is 4.59. The van der Waals surface area contributed by atoms with Crippen LogP contribution in [0.3, 0.4) is 0 Å². The van der Waals surface area contributed by atoms with E-state index in [-0.39, 0.29) is 6.04 Å². The lowest BCUT2D eigenvalue weighted by Crippen LogP contribution is -2.18. The van der Waals surface area contributed by atoms with Crippen LogP contribution >= 0.6 is 0 Å². The molecule has 0 bridgehead atoms. The minimum Gasteiger partial charge on any atom is -0.493 e. The molecule has 0 aliphatic carbocycles. The normalized spacial score (nSPS) is 11.9. The molecule has 0 unspecified atom stereocenters. The summed E-state index contributed by atoms with van der Waals surface area (Å²) >= 11 is 0. The number of rotatable bonds is 8. The highest BCUT2D eigenvalue weighted by atomic mass is 16.5. The van der Waals surface area contributed by atoms with Gasteiger partial charge in [-0.3, -0.25) is 0 Å². The second kappa shape index (κ2) is 8.80. The van der Waals surface area contributed by atoms with Crippen LogP contribution in [0.2, 0.25) is 0 Å². The van der Waals surface area contributed by atoms with Crippen molar-refractivity contribution in [1.82, 2.24) is 10.3 Å². The number of oxazole rings is 1. The Balaban J connectivity index is 1.74. The minimum absolute atomic E-state index is 0.210. The molecule has 1 atom stereocenters. The molecule has 2 aromatic carbocycles. The largest absolute Gasteiger partial charge is 0.493 e. The molecule has 1 N–H and O–H groups in total. The third-order valence-corrected chi connectivity index (χ3v) is 4.63. The number of ether oxygens (including phenoxy) is 3. The Morgan fingerprint density at radius 1 is 1.00 bits per heavy atom. The maximum atomic E-state index is 5.67. The van der Waals surface area contributed by atoms with Crippen molar-refractivity contribution >= 4 is 0 Å². The van der Waals surface area contributed by atoms with Crippen LogP contribution in [0.5, 0.6) is 17.2 Å². The summed E-state index contributed by atoms with van der Waals surface area (Å²) in [6, 6.07) is 12.4. The van der Waals surface area contributed by atoms with Crippen LogP contribution in [0.4, 0.5) is 0 Å². The lowest BCUT2D eigenvalue weighted by atomic mass is 10.1. The molecule has 1 heterocycles. The van der Waals surface area contributed by atoms with Crippen molar-refractivity contribution in [3.05, 3.63) is 59.5 Å². The van der Waals surface area contributed by atoms with Gasteiger partial charge < -0.3 is 23.9 Å². The molecule has 0 aliphatic heterocycles. The van der Waals surface area contributed by atoms with Crippen molar-refractivity contribution in [1.29, 1.82) is 0 Å². The zero-order chi connectivity index (χ0) is 20.1. The SMILES string of the molecule is COc1cc(-c2nc(CN[C@H](C)c3ccc(C)cc3)co2)cc(OC)c1OC. The Labute approximate surface area is 165 Å². The monoisotopic (exact) mass is 382 g/mol. The zero-order valence-electron chi connectivity index (χ0n) is 16.9. The Kier molecular flexibility index (Phi) is 6.21. The molecule has 3 rings (SSSR count). The minimum atomic E-state index is 0.210. The number of nitrogens with zero attached hydrogens (tertiary/aromatic N) is 1. The van der Waals surface area contributed by atoms with E-state index in [1.807, 2.05) is 12.1 Å². The zero-order valence-corrected chi connectivity index (χ0v) is 16.9. The number of aromatic nitrogens is 1. The third-order valence-electron chi connectivity index (χ3n) is 4.63. The van der Waals surface area contributed by atoms with Crippen molar-refractivity contribution < 1.29 is 18.6 Å². The van der Waals surface area contributed by atoms with E-state index in [0.717, 1.165) is 11.3 Å². The van der Waals surface area contributed by atoms with E-state index in [4.69, 9.17) is 18.6 Å². The summed E-state index contributed by atoms with van der Waals surface area (Å²) < 4.78 is 21.8. The lowest BCUT2D eigenvalue weighted by Gasteiger charge is -2.13. The second-order valence-electron chi connectivity index (χ2n) is 6.57. The maximum Gasteiger partial charge on any atom is 0.226 e. The lowest BCUT2D eigenvalue weighted by molar-refractivity contribution is 0.324. The molecule has 6 nitrogen and oxygen atoms in total. The summed E-state index contributed by atoms with van der Waals surface area (Å²) in [5, 5.41) is 3.47. The molecule has 28 heavy (non-hydrogen) atoms. The fraction of sp³-hybridized carbons (Fsp3) is 0.318. The standard InChI is InChI=1S/C22H26N2O4/c1-14-6-8-16(9-7-14)15(2)23-12-18-13-28-22(24-18)17-10-19(25-3)21(27-5)20(11-17)26-4/h6-11,13,15,23H,12H2,1-5H3/t15-/m1/s1. The average molecular weight is 382 g/mol. The molecule has 6 heteroatoms. The molecular formula is C22H26N2O4. The topological polar surface area (TPSA) is 65.8 Å². The highest BCUT2D eigenvalue weighted by Gasteiger charge is 2.17.